The van der Waals surface area contributed by atoms with Crippen LogP contribution in [0.5, 0.6) is 0 Å². The van der Waals surface area contributed by atoms with Crippen molar-refractivity contribution >= 4 is 27.7 Å². The van der Waals surface area contributed by atoms with Gasteiger partial charge >= 0.3 is 0 Å². The van der Waals surface area contributed by atoms with E-state index in [0.717, 1.165) is 47.2 Å². The molecule has 192 valence electrons. The molecular formula is C28H34N2O4S2. The fourth-order valence-corrected chi connectivity index (χ4v) is 5.21. The standard InChI is InChI=1S/C28H34N2O4S2/c1-20(2)35-27-18-24(15-16-25(27)28(32)30-36(3,33)34)22-13-11-21(12-14-22)8-7-17-29-19-26(31)23-9-5-4-6-10-23/h4-6,9-16,18,20,26,29,31H,7-8,17,19H2,1-3H3,(H,30,32)/t26-/m0/s1. The molecule has 3 aromatic carbocycles. The average Bonchev–Trinajstić information content (AvgIpc) is 2.83. The highest BCUT2D eigenvalue weighted by atomic mass is 32.2. The zero-order valence-corrected chi connectivity index (χ0v) is 22.5. The van der Waals surface area contributed by atoms with Gasteiger partial charge in [-0.05, 0) is 53.8 Å². The van der Waals surface area contributed by atoms with E-state index in [0.29, 0.717) is 12.1 Å². The van der Waals surface area contributed by atoms with Crippen LogP contribution < -0.4 is 10.0 Å². The van der Waals surface area contributed by atoms with Crippen molar-refractivity contribution in [3.8, 4) is 11.1 Å². The van der Waals surface area contributed by atoms with Gasteiger partial charge in [-0.25, -0.2) is 13.1 Å². The molecule has 0 fully saturated rings. The predicted octanol–water partition coefficient (Wildman–Crippen LogP) is 4.80. The van der Waals surface area contributed by atoms with Gasteiger partial charge in [0.15, 0.2) is 0 Å². The Hall–Kier alpha value is -2.65. The number of nitrogens with one attached hydrogen (secondary N) is 2. The maximum absolute atomic E-state index is 12.5. The number of carbonyl (C=O) groups is 1. The van der Waals surface area contributed by atoms with Crippen LogP contribution in [0.1, 0.15) is 47.9 Å². The zero-order chi connectivity index (χ0) is 26.1. The average molecular weight is 527 g/mol. The minimum Gasteiger partial charge on any atom is -0.387 e. The lowest BCUT2D eigenvalue weighted by atomic mass is 10.0. The Labute approximate surface area is 218 Å². The highest BCUT2D eigenvalue weighted by Crippen LogP contribution is 2.32. The first-order valence-electron chi connectivity index (χ1n) is 12.0. The molecule has 36 heavy (non-hydrogen) atoms. The van der Waals surface area contributed by atoms with Gasteiger partial charge in [-0.3, -0.25) is 4.79 Å². The van der Waals surface area contributed by atoms with E-state index in [1.165, 1.54) is 17.3 Å². The minimum absolute atomic E-state index is 0.231. The van der Waals surface area contributed by atoms with Gasteiger partial charge in [-0.2, -0.15) is 0 Å². The number of hydrogen-bond donors (Lipinski definition) is 3. The molecule has 6 nitrogen and oxygen atoms in total. The Morgan fingerprint density at radius 1 is 0.972 bits per heavy atom. The Balaban J connectivity index is 1.58. The molecule has 0 unspecified atom stereocenters. The van der Waals surface area contributed by atoms with Gasteiger partial charge in [0.1, 0.15) is 0 Å². The van der Waals surface area contributed by atoms with E-state index in [4.69, 9.17) is 0 Å². The number of sulfonamides is 1. The first kappa shape index (κ1) is 27.9. The molecule has 8 heteroatoms. The van der Waals surface area contributed by atoms with Crippen LogP contribution in [0, 0.1) is 0 Å². The second-order valence-corrected chi connectivity index (χ2v) is 12.4. The zero-order valence-electron chi connectivity index (χ0n) is 20.9. The normalized spacial score (nSPS) is 12.5. The second-order valence-electron chi connectivity index (χ2n) is 9.01. The third-order valence-electron chi connectivity index (χ3n) is 5.50. The molecule has 0 saturated carbocycles. The summed E-state index contributed by atoms with van der Waals surface area (Å²) in [5.41, 5.74) is 4.50. The van der Waals surface area contributed by atoms with Crippen LogP contribution in [0.3, 0.4) is 0 Å². The monoisotopic (exact) mass is 526 g/mol. The van der Waals surface area contributed by atoms with E-state index in [1.807, 2.05) is 56.3 Å². The minimum atomic E-state index is -3.64. The fourth-order valence-electron chi connectivity index (χ4n) is 3.78. The summed E-state index contributed by atoms with van der Waals surface area (Å²) < 4.78 is 25.1. The first-order valence-corrected chi connectivity index (χ1v) is 14.8. The number of rotatable bonds is 12. The molecule has 3 N–H and O–H groups in total. The number of benzene rings is 3. The highest BCUT2D eigenvalue weighted by Gasteiger charge is 2.17. The van der Waals surface area contributed by atoms with Crippen molar-refractivity contribution in [3.05, 3.63) is 89.5 Å². The van der Waals surface area contributed by atoms with Crippen molar-refractivity contribution in [3.63, 3.8) is 0 Å². The van der Waals surface area contributed by atoms with Crippen molar-refractivity contribution in [1.82, 2.24) is 10.0 Å². The van der Waals surface area contributed by atoms with Crippen LogP contribution in [0.15, 0.2) is 77.7 Å². The SMILES string of the molecule is CC(C)Sc1cc(-c2ccc(CCCNC[C@H](O)c3ccccc3)cc2)ccc1C(=O)NS(C)(=O)=O. The summed E-state index contributed by atoms with van der Waals surface area (Å²) in [6, 6.07) is 23.5. The summed E-state index contributed by atoms with van der Waals surface area (Å²) in [6.07, 6.45) is 2.35. The van der Waals surface area contributed by atoms with Gasteiger partial charge in [0.25, 0.3) is 5.91 Å². The quantitative estimate of drug-likeness (QED) is 0.232. The number of aliphatic hydroxyl groups excluding tert-OH is 1. The molecule has 1 amide bonds. The Bertz CT molecular complexity index is 1240. The number of amides is 1. The van der Waals surface area contributed by atoms with Gasteiger partial charge < -0.3 is 10.4 Å². The van der Waals surface area contributed by atoms with E-state index in [-0.39, 0.29) is 5.25 Å². The summed E-state index contributed by atoms with van der Waals surface area (Å²) in [4.78, 5) is 13.2. The first-order chi connectivity index (χ1) is 17.1. The smallest absolute Gasteiger partial charge is 0.265 e. The molecule has 0 heterocycles. The van der Waals surface area contributed by atoms with Crippen LogP contribution in [-0.2, 0) is 16.4 Å². The van der Waals surface area contributed by atoms with Crippen LogP contribution in [0.25, 0.3) is 11.1 Å². The van der Waals surface area contributed by atoms with E-state index < -0.39 is 22.0 Å². The molecule has 0 spiro atoms. The van der Waals surface area contributed by atoms with E-state index in [9.17, 15) is 18.3 Å². The molecule has 3 aromatic rings. The predicted molar refractivity (Wildman–Crippen MR) is 148 cm³/mol. The summed E-state index contributed by atoms with van der Waals surface area (Å²) in [5, 5.41) is 13.8. The van der Waals surface area contributed by atoms with Gasteiger partial charge in [0.2, 0.25) is 10.0 Å². The molecule has 0 aliphatic carbocycles. The third kappa shape index (κ3) is 8.78. The van der Waals surface area contributed by atoms with Crippen molar-refractivity contribution in [1.29, 1.82) is 0 Å². The molecule has 3 rings (SSSR count). The van der Waals surface area contributed by atoms with Gasteiger partial charge in [-0.1, -0.05) is 74.5 Å². The lowest BCUT2D eigenvalue weighted by molar-refractivity contribution is 0.0979. The molecule has 0 saturated heterocycles. The number of aliphatic hydroxyl groups is 1. The molecule has 0 aliphatic heterocycles. The molecule has 0 bridgehead atoms. The van der Waals surface area contributed by atoms with Crippen molar-refractivity contribution < 1.29 is 18.3 Å². The van der Waals surface area contributed by atoms with Crippen molar-refractivity contribution in [2.45, 2.75) is 42.9 Å². The second kappa shape index (κ2) is 13.1. The van der Waals surface area contributed by atoms with Crippen LogP contribution in [0.4, 0.5) is 0 Å². The maximum Gasteiger partial charge on any atom is 0.265 e. The fraction of sp³-hybridized carbons (Fsp3) is 0.321. The van der Waals surface area contributed by atoms with Gasteiger partial charge in [-0.15, -0.1) is 11.8 Å². The Morgan fingerprint density at radius 3 is 2.28 bits per heavy atom. The van der Waals surface area contributed by atoms with Crippen LogP contribution >= 0.6 is 11.8 Å². The van der Waals surface area contributed by atoms with E-state index in [2.05, 4.69) is 34.3 Å². The molecular weight excluding hydrogens is 492 g/mol. The Morgan fingerprint density at radius 2 is 1.64 bits per heavy atom. The van der Waals surface area contributed by atoms with Crippen molar-refractivity contribution in [2.75, 3.05) is 19.3 Å². The van der Waals surface area contributed by atoms with E-state index >= 15 is 0 Å². The summed E-state index contributed by atoms with van der Waals surface area (Å²) in [7, 11) is -3.64. The number of hydrogen-bond acceptors (Lipinski definition) is 6. The Kier molecular flexibility index (Phi) is 10.1. The summed E-state index contributed by atoms with van der Waals surface area (Å²) in [6.45, 7) is 5.40. The number of carbonyl (C=O) groups excluding carboxylic acids is 1. The van der Waals surface area contributed by atoms with Gasteiger partial charge in [0.05, 0.1) is 17.9 Å². The lowest BCUT2D eigenvalue weighted by Crippen LogP contribution is -2.29. The number of aryl methyl sites for hydroxylation is 1. The number of thioether (sulfide) groups is 1. The molecule has 0 aliphatic rings. The van der Waals surface area contributed by atoms with Crippen molar-refractivity contribution in [2.24, 2.45) is 0 Å². The van der Waals surface area contributed by atoms with E-state index in [1.54, 1.807) is 6.07 Å². The van der Waals surface area contributed by atoms with Gasteiger partial charge in [0, 0.05) is 16.7 Å². The molecule has 0 aromatic heterocycles. The topological polar surface area (TPSA) is 95.5 Å². The molecule has 0 radical (unpaired) electrons. The largest absolute Gasteiger partial charge is 0.387 e. The van der Waals surface area contributed by atoms with Crippen LogP contribution in [-0.4, -0.2) is 44.0 Å². The maximum atomic E-state index is 12.5. The lowest BCUT2D eigenvalue weighted by Gasteiger charge is -2.14. The summed E-state index contributed by atoms with van der Waals surface area (Å²) >= 11 is 1.53. The third-order valence-corrected chi connectivity index (χ3v) is 7.11. The molecule has 1 atom stereocenters. The summed E-state index contributed by atoms with van der Waals surface area (Å²) in [5.74, 6) is -0.618. The van der Waals surface area contributed by atoms with Crippen LogP contribution in [0.2, 0.25) is 0 Å². The highest BCUT2D eigenvalue weighted by molar-refractivity contribution is 8.00.